The quantitative estimate of drug-likeness (QED) is 0.166. The van der Waals surface area contributed by atoms with E-state index in [9.17, 15) is 0 Å². The third-order valence-corrected chi connectivity index (χ3v) is 10.2. The van der Waals surface area contributed by atoms with E-state index in [1.165, 1.54) is 27.8 Å². The van der Waals surface area contributed by atoms with Crippen LogP contribution in [-0.4, -0.2) is 15.0 Å². The van der Waals surface area contributed by atoms with Crippen molar-refractivity contribution in [2.24, 2.45) is 0 Å². The van der Waals surface area contributed by atoms with Gasteiger partial charge in [-0.2, -0.15) is 0 Å². The molecule has 0 N–H and O–H groups in total. The van der Waals surface area contributed by atoms with Crippen LogP contribution in [-0.2, 0) is 0 Å². The zero-order chi connectivity index (χ0) is 36.6. The van der Waals surface area contributed by atoms with Gasteiger partial charge in [0.1, 0.15) is 11.2 Å². The number of aromatic nitrogens is 3. The Bertz CT molecular complexity index is 2920. The van der Waals surface area contributed by atoms with E-state index in [1.54, 1.807) is 0 Å². The normalized spacial score (nSPS) is 11.3. The van der Waals surface area contributed by atoms with E-state index in [0.717, 1.165) is 55.3 Å². The Morgan fingerprint density at radius 3 is 1.02 bits per heavy atom. The average Bonchev–Trinajstić information content (AvgIpc) is 3.65. The first kappa shape index (κ1) is 32.2. The third kappa shape index (κ3) is 6.36. The molecule has 10 aromatic rings. The number of fused-ring (bicyclic) bond motifs is 3. The highest BCUT2D eigenvalue weighted by molar-refractivity contribution is 6.06. The minimum Gasteiger partial charge on any atom is -0.456 e. The summed E-state index contributed by atoms with van der Waals surface area (Å²) in [5.41, 5.74) is 13.9. The van der Waals surface area contributed by atoms with Crippen LogP contribution in [0, 0.1) is 0 Å². The summed E-state index contributed by atoms with van der Waals surface area (Å²) in [6, 6.07) is 69.5. The highest BCUT2D eigenvalue weighted by Crippen LogP contribution is 2.34. The lowest BCUT2D eigenvalue weighted by Gasteiger charge is -2.10. The first-order chi connectivity index (χ1) is 27.2. The molecule has 0 aliphatic carbocycles. The molecule has 4 heteroatoms. The van der Waals surface area contributed by atoms with Crippen LogP contribution in [0.3, 0.4) is 0 Å². The van der Waals surface area contributed by atoms with Crippen LogP contribution in [0.4, 0.5) is 0 Å². The summed E-state index contributed by atoms with van der Waals surface area (Å²) >= 11 is 0. The van der Waals surface area contributed by atoms with Crippen molar-refractivity contribution in [2.45, 2.75) is 0 Å². The number of para-hydroxylation sites is 1. The highest BCUT2D eigenvalue weighted by atomic mass is 16.3. The summed E-state index contributed by atoms with van der Waals surface area (Å²) in [5.74, 6) is 1.93. The van der Waals surface area contributed by atoms with Gasteiger partial charge < -0.3 is 4.42 Å². The first-order valence-corrected chi connectivity index (χ1v) is 18.4. The van der Waals surface area contributed by atoms with E-state index in [4.69, 9.17) is 19.4 Å². The second kappa shape index (κ2) is 13.8. The van der Waals surface area contributed by atoms with Gasteiger partial charge in [0.2, 0.25) is 0 Å². The minimum absolute atomic E-state index is 0.638. The number of nitrogens with zero attached hydrogens (tertiary/aromatic N) is 3. The average molecular weight is 704 g/mol. The van der Waals surface area contributed by atoms with Crippen molar-refractivity contribution in [3.05, 3.63) is 200 Å². The highest BCUT2D eigenvalue weighted by Gasteiger charge is 2.14. The second-order valence-corrected chi connectivity index (χ2v) is 13.7. The molecule has 0 radical (unpaired) electrons. The van der Waals surface area contributed by atoms with E-state index in [1.807, 2.05) is 48.5 Å². The van der Waals surface area contributed by atoms with Crippen LogP contribution in [0.5, 0.6) is 0 Å². The molecule has 0 saturated carbocycles. The van der Waals surface area contributed by atoms with Crippen molar-refractivity contribution in [1.82, 2.24) is 15.0 Å². The largest absolute Gasteiger partial charge is 0.456 e. The predicted octanol–water partition coefficient (Wildman–Crippen LogP) is 13.4. The summed E-state index contributed by atoms with van der Waals surface area (Å²) in [4.78, 5) is 14.8. The molecule has 0 aliphatic rings. The van der Waals surface area contributed by atoms with Crippen LogP contribution in [0.15, 0.2) is 205 Å². The fourth-order valence-corrected chi connectivity index (χ4v) is 7.22. The van der Waals surface area contributed by atoms with Crippen molar-refractivity contribution < 1.29 is 4.42 Å². The molecule has 0 saturated heterocycles. The minimum atomic E-state index is 0.638. The van der Waals surface area contributed by atoms with Crippen molar-refractivity contribution in [3.8, 4) is 78.7 Å². The van der Waals surface area contributed by atoms with Gasteiger partial charge in [0.25, 0.3) is 0 Å². The van der Waals surface area contributed by atoms with Crippen molar-refractivity contribution in [3.63, 3.8) is 0 Å². The molecule has 0 aliphatic heterocycles. The Kier molecular flexibility index (Phi) is 8.12. The van der Waals surface area contributed by atoms with Gasteiger partial charge in [-0.05, 0) is 62.7 Å². The molecule has 0 bridgehead atoms. The smallest absolute Gasteiger partial charge is 0.164 e. The van der Waals surface area contributed by atoms with Gasteiger partial charge in [-0.25, -0.2) is 15.0 Å². The Labute approximate surface area is 319 Å². The zero-order valence-corrected chi connectivity index (χ0v) is 29.8. The number of hydrogen-bond donors (Lipinski definition) is 0. The van der Waals surface area contributed by atoms with Crippen molar-refractivity contribution in [2.75, 3.05) is 0 Å². The standard InChI is InChI=1S/C51H33N3O/c1-3-9-34(10-4-1)35-23-27-42(28-24-35)50-52-49(41-11-5-2-6-12-41)53-51(54-50)43-29-25-39(26-30-43)37-17-15-36(16-18-37)38-19-21-40(22-20-38)44-31-32-48-46(33-44)45-13-7-8-14-47(45)55-48/h1-33H. The Morgan fingerprint density at radius 1 is 0.236 bits per heavy atom. The molecule has 2 heterocycles. The van der Waals surface area contributed by atoms with Gasteiger partial charge >= 0.3 is 0 Å². The van der Waals surface area contributed by atoms with Crippen molar-refractivity contribution in [1.29, 1.82) is 0 Å². The maximum absolute atomic E-state index is 6.03. The maximum atomic E-state index is 6.03. The van der Waals surface area contributed by atoms with E-state index in [2.05, 4.69) is 152 Å². The molecule has 0 unspecified atom stereocenters. The first-order valence-electron chi connectivity index (χ1n) is 18.4. The third-order valence-electron chi connectivity index (χ3n) is 10.2. The molecule has 0 amide bonds. The Hall–Kier alpha value is -7.43. The predicted molar refractivity (Wildman–Crippen MR) is 225 cm³/mol. The Morgan fingerprint density at radius 2 is 0.545 bits per heavy atom. The van der Waals surface area contributed by atoms with Crippen LogP contribution in [0.1, 0.15) is 0 Å². The molecule has 8 aromatic carbocycles. The van der Waals surface area contributed by atoms with Gasteiger partial charge in [-0.3, -0.25) is 0 Å². The lowest BCUT2D eigenvalue weighted by molar-refractivity contribution is 0.669. The lowest BCUT2D eigenvalue weighted by atomic mass is 9.97. The van der Waals surface area contributed by atoms with Crippen LogP contribution >= 0.6 is 0 Å². The lowest BCUT2D eigenvalue weighted by Crippen LogP contribution is -2.00. The molecule has 4 nitrogen and oxygen atoms in total. The maximum Gasteiger partial charge on any atom is 0.164 e. The van der Waals surface area contributed by atoms with E-state index in [0.29, 0.717) is 17.5 Å². The summed E-state index contributed by atoms with van der Waals surface area (Å²) in [6.07, 6.45) is 0. The Balaban J connectivity index is 0.900. The second-order valence-electron chi connectivity index (χ2n) is 13.7. The molecular formula is C51H33N3O. The number of rotatable bonds is 7. The van der Waals surface area contributed by atoms with Crippen LogP contribution in [0.25, 0.3) is 101 Å². The molecular weight excluding hydrogens is 671 g/mol. The monoisotopic (exact) mass is 703 g/mol. The van der Waals surface area contributed by atoms with E-state index < -0.39 is 0 Å². The fraction of sp³-hybridized carbons (Fsp3) is 0. The fourth-order valence-electron chi connectivity index (χ4n) is 7.22. The molecule has 55 heavy (non-hydrogen) atoms. The number of furan rings is 1. The molecule has 10 rings (SSSR count). The molecule has 0 spiro atoms. The van der Waals surface area contributed by atoms with Gasteiger partial charge in [0.05, 0.1) is 0 Å². The molecule has 0 atom stereocenters. The molecule has 0 fully saturated rings. The summed E-state index contributed by atoms with van der Waals surface area (Å²) in [7, 11) is 0. The summed E-state index contributed by atoms with van der Waals surface area (Å²) in [6.45, 7) is 0. The topological polar surface area (TPSA) is 51.8 Å². The van der Waals surface area contributed by atoms with Gasteiger partial charge in [-0.1, -0.05) is 182 Å². The number of hydrogen-bond acceptors (Lipinski definition) is 4. The molecule has 2 aromatic heterocycles. The zero-order valence-electron chi connectivity index (χ0n) is 29.8. The van der Waals surface area contributed by atoms with Gasteiger partial charge in [0.15, 0.2) is 17.5 Å². The van der Waals surface area contributed by atoms with Gasteiger partial charge in [0, 0.05) is 27.5 Å². The summed E-state index contributed by atoms with van der Waals surface area (Å²) in [5, 5.41) is 2.28. The molecule has 258 valence electrons. The van der Waals surface area contributed by atoms with Crippen LogP contribution in [0.2, 0.25) is 0 Å². The number of benzene rings is 8. The van der Waals surface area contributed by atoms with Gasteiger partial charge in [-0.15, -0.1) is 0 Å². The van der Waals surface area contributed by atoms with Crippen molar-refractivity contribution >= 4 is 21.9 Å². The van der Waals surface area contributed by atoms with Crippen LogP contribution < -0.4 is 0 Å². The van der Waals surface area contributed by atoms with E-state index in [-0.39, 0.29) is 0 Å². The van der Waals surface area contributed by atoms with E-state index >= 15 is 0 Å². The summed E-state index contributed by atoms with van der Waals surface area (Å²) < 4.78 is 6.03. The SMILES string of the molecule is c1ccc(-c2ccc(-c3nc(-c4ccccc4)nc(-c4ccc(-c5ccc(-c6ccc(-c7ccc8oc9ccccc9c8c7)cc6)cc5)cc4)n3)cc2)cc1.